The predicted molar refractivity (Wildman–Crippen MR) is 63.6 cm³/mol. The van der Waals surface area contributed by atoms with Crippen LogP contribution in [-0.4, -0.2) is 54.2 Å². The Morgan fingerprint density at radius 1 is 1.35 bits per heavy atom. The highest BCUT2D eigenvalue weighted by Gasteiger charge is 2.34. The monoisotopic (exact) mass is 246 g/mol. The van der Waals surface area contributed by atoms with E-state index in [1.54, 1.807) is 0 Å². The second-order valence-electron chi connectivity index (χ2n) is 3.98. The molecule has 0 heterocycles. The van der Waals surface area contributed by atoms with E-state index in [0.717, 1.165) is 0 Å². The fourth-order valence-electron chi connectivity index (χ4n) is 1.48. The van der Waals surface area contributed by atoms with E-state index in [0.29, 0.717) is 19.4 Å². The van der Waals surface area contributed by atoms with Gasteiger partial charge in [-0.3, -0.25) is 9.59 Å². The minimum absolute atomic E-state index is 0.237. The summed E-state index contributed by atoms with van der Waals surface area (Å²) in [6, 6.07) is 0. The smallest absolute Gasteiger partial charge is 0.323 e. The van der Waals surface area contributed by atoms with Gasteiger partial charge in [-0.25, -0.2) is 0 Å². The van der Waals surface area contributed by atoms with Crippen LogP contribution < -0.4 is 5.73 Å². The third kappa shape index (κ3) is 4.70. The molecule has 6 nitrogen and oxygen atoms in total. The molecule has 0 bridgehead atoms. The molecule has 0 rings (SSSR count). The van der Waals surface area contributed by atoms with Crippen LogP contribution in [0.5, 0.6) is 0 Å². The lowest BCUT2D eigenvalue weighted by molar-refractivity contribution is -0.147. The second kappa shape index (κ2) is 7.24. The minimum atomic E-state index is -1.05. The van der Waals surface area contributed by atoms with Gasteiger partial charge in [-0.1, -0.05) is 13.8 Å². The molecule has 0 aromatic rings. The average Bonchev–Trinajstić information content (AvgIpc) is 2.32. The normalized spacial score (nSPS) is 11.3. The lowest BCUT2D eigenvalue weighted by Gasteiger charge is -2.32. The first-order valence-corrected chi connectivity index (χ1v) is 5.70. The molecule has 0 aliphatic heterocycles. The number of ether oxygens (including phenoxy) is 1. The van der Waals surface area contributed by atoms with Gasteiger partial charge >= 0.3 is 5.97 Å². The third-order valence-corrected chi connectivity index (χ3v) is 2.87. The van der Waals surface area contributed by atoms with Gasteiger partial charge in [-0.05, 0) is 12.8 Å². The number of hydrogen-bond donors (Lipinski definition) is 2. The summed E-state index contributed by atoms with van der Waals surface area (Å²) in [5.74, 6) is -1.38. The number of nitrogens with zero attached hydrogens (tertiary/aromatic N) is 1. The van der Waals surface area contributed by atoms with Gasteiger partial charge in [0.25, 0.3) is 0 Å². The first-order valence-electron chi connectivity index (χ1n) is 5.70. The summed E-state index contributed by atoms with van der Waals surface area (Å²) in [7, 11) is 1.50. The van der Waals surface area contributed by atoms with Gasteiger partial charge in [0.1, 0.15) is 6.54 Å². The molecule has 0 spiro atoms. The van der Waals surface area contributed by atoms with Crippen molar-refractivity contribution >= 4 is 11.9 Å². The highest BCUT2D eigenvalue weighted by atomic mass is 16.5. The zero-order valence-corrected chi connectivity index (χ0v) is 10.7. The summed E-state index contributed by atoms with van der Waals surface area (Å²) < 4.78 is 4.86. The number of nitrogens with two attached hydrogens (primary N) is 1. The van der Waals surface area contributed by atoms with E-state index in [2.05, 4.69) is 0 Å². The Hall–Kier alpha value is -1.14. The number of aliphatic carboxylic acids is 1. The molecule has 0 aromatic heterocycles. The van der Waals surface area contributed by atoms with Gasteiger partial charge in [0, 0.05) is 13.7 Å². The summed E-state index contributed by atoms with van der Waals surface area (Å²) in [5, 5.41) is 8.77. The summed E-state index contributed by atoms with van der Waals surface area (Å²) in [6.45, 7) is 3.82. The Kier molecular flexibility index (Phi) is 6.75. The van der Waals surface area contributed by atoms with Gasteiger partial charge in [0.2, 0.25) is 5.91 Å². The first kappa shape index (κ1) is 15.9. The Morgan fingerprint density at radius 3 is 2.24 bits per heavy atom. The van der Waals surface area contributed by atoms with Crippen molar-refractivity contribution in [1.29, 1.82) is 0 Å². The van der Waals surface area contributed by atoms with E-state index < -0.39 is 11.5 Å². The molecule has 100 valence electrons. The van der Waals surface area contributed by atoms with Gasteiger partial charge < -0.3 is 20.5 Å². The van der Waals surface area contributed by atoms with Crippen LogP contribution in [0.15, 0.2) is 0 Å². The molecule has 0 radical (unpaired) electrons. The largest absolute Gasteiger partial charge is 0.480 e. The van der Waals surface area contributed by atoms with Gasteiger partial charge in [-0.15, -0.1) is 0 Å². The number of carboxylic acid groups (broad SMARTS) is 1. The van der Waals surface area contributed by atoms with E-state index >= 15 is 0 Å². The van der Waals surface area contributed by atoms with Crippen LogP contribution in [0.1, 0.15) is 26.7 Å². The fraction of sp³-hybridized carbons (Fsp3) is 0.818. The van der Waals surface area contributed by atoms with E-state index in [1.165, 1.54) is 12.0 Å². The fourth-order valence-corrected chi connectivity index (χ4v) is 1.48. The van der Waals surface area contributed by atoms with E-state index in [1.807, 2.05) is 13.8 Å². The molecule has 1 amide bonds. The van der Waals surface area contributed by atoms with Crippen LogP contribution in [0.2, 0.25) is 0 Å². The van der Waals surface area contributed by atoms with Gasteiger partial charge in [-0.2, -0.15) is 0 Å². The molecule has 0 saturated carbocycles. The number of methoxy groups -OCH3 is 1. The highest BCUT2D eigenvalue weighted by Crippen LogP contribution is 2.15. The zero-order chi connectivity index (χ0) is 13.5. The van der Waals surface area contributed by atoms with Crippen LogP contribution in [0.4, 0.5) is 0 Å². The van der Waals surface area contributed by atoms with E-state index in [9.17, 15) is 9.59 Å². The molecule has 0 unspecified atom stereocenters. The molecule has 0 saturated heterocycles. The second-order valence-corrected chi connectivity index (χ2v) is 3.98. The number of carbonyl (C=O) groups excluding carboxylic acids is 1. The van der Waals surface area contributed by atoms with Gasteiger partial charge in [0.05, 0.1) is 12.1 Å². The lowest BCUT2D eigenvalue weighted by atomic mass is 9.92. The van der Waals surface area contributed by atoms with Crippen molar-refractivity contribution in [2.45, 2.75) is 32.2 Å². The Balaban J connectivity index is 4.77. The summed E-state index contributed by atoms with van der Waals surface area (Å²) in [4.78, 5) is 24.1. The number of amides is 1. The third-order valence-electron chi connectivity index (χ3n) is 2.87. The van der Waals surface area contributed by atoms with Crippen molar-refractivity contribution in [3.05, 3.63) is 0 Å². The van der Waals surface area contributed by atoms with Crippen molar-refractivity contribution in [2.75, 3.05) is 26.8 Å². The van der Waals surface area contributed by atoms with Crippen LogP contribution in [0, 0.1) is 0 Å². The number of carbonyl (C=O) groups is 2. The maximum atomic E-state index is 12.2. The summed E-state index contributed by atoms with van der Waals surface area (Å²) in [6.07, 6.45) is 0.955. The van der Waals surface area contributed by atoms with E-state index in [-0.39, 0.29) is 19.0 Å². The topological polar surface area (TPSA) is 92.9 Å². The molecule has 6 heteroatoms. The van der Waals surface area contributed by atoms with Crippen molar-refractivity contribution in [3.63, 3.8) is 0 Å². The molecule has 0 atom stereocenters. The molecule has 3 N–H and O–H groups in total. The van der Waals surface area contributed by atoms with Crippen molar-refractivity contribution in [1.82, 2.24) is 4.90 Å². The predicted octanol–water partition coefficient (Wildman–Crippen LogP) is 0.0635. The highest BCUT2D eigenvalue weighted by molar-refractivity contribution is 5.88. The lowest BCUT2D eigenvalue weighted by Crippen LogP contribution is -2.56. The first-order chi connectivity index (χ1) is 7.91. The van der Waals surface area contributed by atoms with Crippen LogP contribution in [0.25, 0.3) is 0 Å². The molecular formula is C11H22N2O4. The van der Waals surface area contributed by atoms with Crippen LogP contribution in [-0.2, 0) is 14.3 Å². The van der Waals surface area contributed by atoms with Crippen molar-refractivity contribution < 1.29 is 19.4 Å². The molecule has 0 aromatic carbocycles. The molecule has 0 fully saturated rings. The molecule has 0 aliphatic rings. The Bertz CT molecular complexity index is 264. The van der Waals surface area contributed by atoms with Crippen LogP contribution in [0.3, 0.4) is 0 Å². The van der Waals surface area contributed by atoms with Crippen LogP contribution >= 0.6 is 0 Å². The number of carboxylic acids is 1. The average molecular weight is 246 g/mol. The minimum Gasteiger partial charge on any atom is -0.480 e. The maximum Gasteiger partial charge on any atom is 0.323 e. The number of rotatable bonds is 8. The molecule has 17 heavy (non-hydrogen) atoms. The summed E-state index contributed by atoms with van der Waals surface area (Å²) in [5.41, 5.74) is 4.98. The zero-order valence-electron chi connectivity index (χ0n) is 10.7. The molecular weight excluding hydrogens is 224 g/mol. The SMILES string of the molecule is CCC(N)(CC)C(=O)N(CCOC)CC(=O)O. The quantitative estimate of drug-likeness (QED) is 0.632. The van der Waals surface area contributed by atoms with Crippen molar-refractivity contribution in [3.8, 4) is 0 Å². The Morgan fingerprint density at radius 2 is 1.88 bits per heavy atom. The maximum absolute atomic E-state index is 12.2. The van der Waals surface area contributed by atoms with E-state index in [4.69, 9.17) is 15.6 Å². The van der Waals surface area contributed by atoms with Gasteiger partial charge in [0.15, 0.2) is 0 Å². The number of hydrogen-bond acceptors (Lipinski definition) is 4. The Labute approximate surface area is 102 Å². The molecule has 0 aliphatic carbocycles. The standard InChI is InChI=1S/C11H22N2O4/c1-4-11(12,5-2)10(16)13(6-7-17-3)8-9(14)15/h4-8,12H2,1-3H3,(H,14,15). The van der Waals surface area contributed by atoms with Crippen molar-refractivity contribution in [2.24, 2.45) is 5.73 Å². The summed E-state index contributed by atoms with van der Waals surface area (Å²) >= 11 is 0.